The third-order valence-corrected chi connectivity index (χ3v) is 6.72. The Labute approximate surface area is 225 Å². The highest BCUT2D eigenvalue weighted by atomic mass is 32.2. The Hall–Kier alpha value is -3.13. The first kappa shape index (κ1) is 31.1. The number of carbonyl (C=O) groups excluding carboxylic acids is 3. The van der Waals surface area contributed by atoms with Crippen LogP contribution in [-0.4, -0.2) is 88.2 Å². The van der Waals surface area contributed by atoms with Gasteiger partial charge in [-0.25, -0.2) is 4.79 Å². The summed E-state index contributed by atoms with van der Waals surface area (Å²) in [5.41, 5.74) is 13.3. The fourth-order valence-electron chi connectivity index (χ4n) is 3.90. The van der Waals surface area contributed by atoms with Crippen molar-refractivity contribution >= 4 is 46.4 Å². The van der Waals surface area contributed by atoms with Crippen molar-refractivity contribution < 1.29 is 29.4 Å². The maximum absolute atomic E-state index is 12.9. The highest BCUT2D eigenvalue weighted by molar-refractivity contribution is 7.98. The van der Waals surface area contributed by atoms with E-state index >= 15 is 0 Å². The summed E-state index contributed by atoms with van der Waals surface area (Å²) in [7, 11) is 0. The van der Waals surface area contributed by atoms with Gasteiger partial charge in [-0.05, 0) is 62.3 Å². The number of hydrogen-bond acceptors (Lipinski definition) is 8. The van der Waals surface area contributed by atoms with Gasteiger partial charge in [-0.1, -0.05) is 18.2 Å². The average molecular weight is 551 g/mol. The number of aliphatic carboxylic acids is 1. The predicted octanol–water partition coefficient (Wildman–Crippen LogP) is -0.549. The number of nitrogens with two attached hydrogens (primary N) is 2. The number of H-pyrrole nitrogens is 1. The third-order valence-electron chi connectivity index (χ3n) is 6.07. The molecule has 38 heavy (non-hydrogen) atoms. The number of rotatable bonds is 17. The first-order chi connectivity index (χ1) is 18.2. The van der Waals surface area contributed by atoms with Crippen molar-refractivity contribution in [1.82, 2.24) is 20.9 Å². The molecule has 0 saturated heterocycles. The second-order valence-electron chi connectivity index (χ2n) is 8.94. The summed E-state index contributed by atoms with van der Waals surface area (Å²) in [6, 6.07) is 3.05. The number of aliphatic hydroxyl groups excluding tert-OH is 1. The number of nitrogens with one attached hydrogen (secondary N) is 4. The van der Waals surface area contributed by atoms with E-state index < -0.39 is 54.5 Å². The number of fused-ring (bicyclic) bond motifs is 1. The summed E-state index contributed by atoms with van der Waals surface area (Å²) in [6.45, 7) is -0.308. The molecule has 0 saturated carbocycles. The quantitative estimate of drug-likeness (QED) is 0.119. The molecule has 0 spiro atoms. The highest BCUT2D eigenvalue weighted by Gasteiger charge is 2.30. The van der Waals surface area contributed by atoms with Crippen LogP contribution >= 0.6 is 11.8 Å². The number of carboxylic acids is 1. The molecule has 1 aromatic heterocycles. The SMILES string of the molecule is CSCCC(NC(=O)C(CO)NC(=O)C(N)Cc1c[nH]c2ccccc12)C(=O)NC(CCCCN)C(=O)O. The first-order valence-corrected chi connectivity index (χ1v) is 13.9. The number of aromatic nitrogens is 1. The molecule has 2 rings (SSSR count). The van der Waals surface area contributed by atoms with Crippen LogP contribution in [-0.2, 0) is 25.6 Å². The average Bonchev–Trinajstić information content (AvgIpc) is 3.31. The number of amides is 3. The summed E-state index contributed by atoms with van der Waals surface area (Å²) in [5, 5.41) is 27.6. The Morgan fingerprint density at radius 2 is 1.63 bits per heavy atom. The standard InChI is InChI=1S/C25H38N6O6S/c1-38-11-9-19(23(34)30-20(25(36)37)8-4-5-10-26)29-24(35)21(14-32)31-22(33)17(27)12-15-13-28-18-7-3-2-6-16(15)18/h2-3,6-7,13,17,19-21,28,32H,4-5,8-12,14,26-27H2,1H3,(H,29,35)(H,30,34)(H,31,33)(H,36,37). The highest BCUT2D eigenvalue weighted by Crippen LogP contribution is 2.18. The summed E-state index contributed by atoms with van der Waals surface area (Å²) < 4.78 is 0. The molecule has 4 atom stereocenters. The van der Waals surface area contributed by atoms with Gasteiger partial charge < -0.3 is 42.6 Å². The molecule has 1 heterocycles. The van der Waals surface area contributed by atoms with Crippen molar-refractivity contribution in [2.75, 3.05) is 25.2 Å². The lowest BCUT2D eigenvalue weighted by Crippen LogP contribution is -2.58. The number of benzene rings is 1. The zero-order chi connectivity index (χ0) is 28.1. The number of carbonyl (C=O) groups is 4. The Bertz CT molecular complexity index is 1080. The second-order valence-corrected chi connectivity index (χ2v) is 9.93. The molecule has 210 valence electrons. The van der Waals surface area contributed by atoms with Gasteiger partial charge in [0.2, 0.25) is 17.7 Å². The molecule has 0 fully saturated rings. The monoisotopic (exact) mass is 550 g/mol. The van der Waals surface area contributed by atoms with E-state index in [9.17, 15) is 29.4 Å². The minimum Gasteiger partial charge on any atom is -0.480 e. The minimum absolute atomic E-state index is 0.200. The molecule has 0 aliphatic heterocycles. The van der Waals surface area contributed by atoms with E-state index in [1.807, 2.05) is 30.5 Å². The summed E-state index contributed by atoms with van der Waals surface area (Å²) >= 11 is 1.45. The molecular weight excluding hydrogens is 512 g/mol. The smallest absolute Gasteiger partial charge is 0.326 e. The van der Waals surface area contributed by atoms with E-state index in [2.05, 4.69) is 20.9 Å². The van der Waals surface area contributed by atoms with Gasteiger partial charge in [0, 0.05) is 17.1 Å². The van der Waals surface area contributed by atoms with Gasteiger partial charge in [0.1, 0.15) is 18.1 Å². The topological polar surface area (TPSA) is 213 Å². The molecule has 4 unspecified atom stereocenters. The van der Waals surface area contributed by atoms with Crippen LogP contribution in [0.3, 0.4) is 0 Å². The lowest BCUT2D eigenvalue weighted by atomic mass is 10.0. The molecule has 13 heteroatoms. The fraction of sp³-hybridized carbons (Fsp3) is 0.520. The number of unbranched alkanes of at least 4 members (excludes halogenated alkanes) is 1. The van der Waals surface area contributed by atoms with Gasteiger partial charge in [-0.2, -0.15) is 11.8 Å². The van der Waals surface area contributed by atoms with Gasteiger partial charge >= 0.3 is 5.97 Å². The normalized spacial score (nSPS) is 14.3. The molecule has 0 radical (unpaired) electrons. The molecule has 0 bridgehead atoms. The Morgan fingerprint density at radius 1 is 0.974 bits per heavy atom. The maximum Gasteiger partial charge on any atom is 0.326 e. The van der Waals surface area contributed by atoms with Crippen molar-refractivity contribution in [1.29, 1.82) is 0 Å². The largest absolute Gasteiger partial charge is 0.480 e. The van der Waals surface area contributed by atoms with Crippen molar-refractivity contribution in [3.63, 3.8) is 0 Å². The van der Waals surface area contributed by atoms with Gasteiger partial charge in [0.25, 0.3) is 0 Å². The van der Waals surface area contributed by atoms with E-state index in [0.717, 1.165) is 16.5 Å². The maximum atomic E-state index is 12.9. The van der Waals surface area contributed by atoms with Crippen molar-refractivity contribution in [2.45, 2.75) is 56.3 Å². The molecule has 3 amide bonds. The molecule has 2 aromatic rings. The predicted molar refractivity (Wildman–Crippen MR) is 146 cm³/mol. The van der Waals surface area contributed by atoms with Crippen LogP contribution in [0.2, 0.25) is 0 Å². The van der Waals surface area contributed by atoms with Crippen LogP contribution in [0.25, 0.3) is 10.9 Å². The Kier molecular flexibility index (Phi) is 13.1. The van der Waals surface area contributed by atoms with Crippen molar-refractivity contribution in [3.8, 4) is 0 Å². The fourth-order valence-corrected chi connectivity index (χ4v) is 4.37. The Balaban J connectivity index is 2.01. The number of aromatic amines is 1. The summed E-state index contributed by atoms with van der Waals surface area (Å²) in [5.74, 6) is -2.76. The first-order valence-electron chi connectivity index (χ1n) is 12.5. The van der Waals surface area contributed by atoms with Gasteiger partial charge in [-0.15, -0.1) is 0 Å². The van der Waals surface area contributed by atoms with Crippen LogP contribution in [0.15, 0.2) is 30.5 Å². The lowest BCUT2D eigenvalue weighted by molar-refractivity contribution is -0.142. The van der Waals surface area contributed by atoms with Gasteiger partial charge in [0.15, 0.2) is 0 Å². The van der Waals surface area contributed by atoms with E-state index in [1.54, 1.807) is 6.20 Å². The summed E-state index contributed by atoms with van der Waals surface area (Å²) in [6.07, 6.45) is 5.36. The van der Waals surface area contributed by atoms with Crippen LogP contribution in [0, 0.1) is 0 Å². The minimum atomic E-state index is -1.35. The van der Waals surface area contributed by atoms with Gasteiger partial charge in [-0.3, -0.25) is 14.4 Å². The molecule has 0 aliphatic rings. The van der Waals surface area contributed by atoms with Gasteiger partial charge in [0.05, 0.1) is 12.6 Å². The second kappa shape index (κ2) is 16.0. The molecule has 12 nitrogen and oxygen atoms in total. The zero-order valence-electron chi connectivity index (χ0n) is 21.4. The number of carboxylic acid groups (broad SMARTS) is 1. The molecule has 0 aliphatic carbocycles. The van der Waals surface area contributed by atoms with E-state index in [-0.39, 0.29) is 19.3 Å². The zero-order valence-corrected chi connectivity index (χ0v) is 22.3. The molecule has 1 aromatic carbocycles. The number of thioether (sulfide) groups is 1. The van der Waals surface area contributed by atoms with E-state index in [0.29, 0.717) is 25.1 Å². The van der Waals surface area contributed by atoms with Crippen LogP contribution in [0.4, 0.5) is 0 Å². The molecule has 10 N–H and O–H groups in total. The van der Waals surface area contributed by atoms with Crippen molar-refractivity contribution in [2.24, 2.45) is 11.5 Å². The number of aliphatic hydroxyl groups is 1. The van der Waals surface area contributed by atoms with Crippen molar-refractivity contribution in [3.05, 3.63) is 36.0 Å². The Morgan fingerprint density at radius 3 is 2.29 bits per heavy atom. The third kappa shape index (κ3) is 9.31. The van der Waals surface area contributed by atoms with E-state index in [1.165, 1.54) is 11.8 Å². The van der Waals surface area contributed by atoms with Crippen LogP contribution < -0.4 is 27.4 Å². The summed E-state index contributed by atoms with van der Waals surface area (Å²) in [4.78, 5) is 53.2. The van der Waals surface area contributed by atoms with Crippen LogP contribution in [0.5, 0.6) is 0 Å². The van der Waals surface area contributed by atoms with E-state index in [4.69, 9.17) is 11.5 Å². The van der Waals surface area contributed by atoms with Crippen LogP contribution in [0.1, 0.15) is 31.2 Å². The number of hydrogen-bond donors (Lipinski definition) is 8. The molecular formula is C25H38N6O6S. The lowest BCUT2D eigenvalue weighted by Gasteiger charge is -2.24. The number of para-hydroxylation sites is 1.